The number of allylic oxidation sites excluding steroid dienone is 5. The minimum atomic E-state index is -1.32. The van der Waals surface area contributed by atoms with Gasteiger partial charge in [-0.25, -0.2) is 0 Å². The minimum absolute atomic E-state index is 0.689. The van der Waals surface area contributed by atoms with E-state index in [1.165, 1.54) is 0 Å². The SMILES string of the molecule is C=CC(=CC=CC)c1ccc2c(c1)C(C)(O)c1c3c(c4ccc(OC)cc4c1-2)OC(c1ccc(OC)cc1)(c1ccc(OC)cc1)C=C3. The molecule has 0 aromatic heterocycles. The highest BCUT2D eigenvalue weighted by atomic mass is 16.5. The molecule has 7 rings (SSSR count). The Labute approximate surface area is 281 Å². The average molecular weight is 635 g/mol. The molecule has 1 N–H and O–H groups in total. The summed E-state index contributed by atoms with van der Waals surface area (Å²) in [6, 6.07) is 28.2. The van der Waals surface area contributed by atoms with Gasteiger partial charge in [0.25, 0.3) is 0 Å². The number of hydrogen-bond acceptors (Lipinski definition) is 5. The van der Waals surface area contributed by atoms with E-state index >= 15 is 0 Å². The Hall–Kier alpha value is -5.52. The normalized spacial score (nSPS) is 17.4. The van der Waals surface area contributed by atoms with Crippen molar-refractivity contribution < 1.29 is 24.1 Å². The Kier molecular flexibility index (Phi) is 7.73. The van der Waals surface area contributed by atoms with E-state index in [2.05, 4.69) is 43.0 Å². The van der Waals surface area contributed by atoms with Gasteiger partial charge >= 0.3 is 0 Å². The zero-order valence-electron chi connectivity index (χ0n) is 27.8. The van der Waals surface area contributed by atoms with E-state index in [1.54, 1.807) is 21.3 Å². The summed E-state index contributed by atoms with van der Waals surface area (Å²) in [6.45, 7) is 7.90. The molecule has 48 heavy (non-hydrogen) atoms. The molecule has 2 aliphatic rings. The summed E-state index contributed by atoms with van der Waals surface area (Å²) in [5.74, 6) is 2.93. The summed E-state index contributed by atoms with van der Waals surface area (Å²) < 4.78 is 24.0. The molecule has 0 spiro atoms. The van der Waals surface area contributed by atoms with Crippen LogP contribution in [0.5, 0.6) is 23.0 Å². The van der Waals surface area contributed by atoms with Crippen LogP contribution in [-0.2, 0) is 11.2 Å². The Morgan fingerprint density at radius 1 is 0.792 bits per heavy atom. The van der Waals surface area contributed by atoms with Crippen LogP contribution >= 0.6 is 0 Å². The highest BCUT2D eigenvalue weighted by molar-refractivity contribution is 6.09. The Morgan fingerprint density at radius 2 is 1.42 bits per heavy atom. The first-order valence-corrected chi connectivity index (χ1v) is 16.0. The number of benzene rings is 5. The van der Waals surface area contributed by atoms with E-state index in [1.807, 2.05) is 98.8 Å². The van der Waals surface area contributed by atoms with Gasteiger partial charge in [-0.2, -0.15) is 0 Å². The lowest BCUT2D eigenvalue weighted by molar-refractivity contribution is 0.105. The molecule has 5 heteroatoms. The smallest absolute Gasteiger partial charge is 0.178 e. The molecule has 0 fully saturated rings. The number of rotatable bonds is 8. The fraction of sp³-hybridized carbons (Fsp3) is 0.163. The molecule has 0 bridgehead atoms. The van der Waals surface area contributed by atoms with Crippen LogP contribution in [0.15, 0.2) is 122 Å². The molecule has 0 saturated carbocycles. The second-order valence-corrected chi connectivity index (χ2v) is 12.2. The lowest BCUT2D eigenvalue weighted by Crippen LogP contribution is -2.35. The summed E-state index contributed by atoms with van der Waals surface area (Å²) >= 11 is 0. The molecule has 0 radical (unpaired) electrons. The van der Waals surface area contributed by atoms with Crippen LogP contribution in [0.4, 0.5) is 0 Å². The monoisotopic (exact) mass is 634 g/mol. The maximum absolute atomic E-state index is 12.6. The van der Waals surface area contributed by atoms with Crippen molar-refractivity contribution in [1.82, 2.24) is 0 Å². The van der Waals surface area contributed by atoms with Gasteiger partial charge in [0.2, 0.25) is 0 Å². The predicted octanol–water partition coefficient (Wildman–Crippen LogP) is 9.60. The molecular weight excluding hydrogens is 596 g/mol. The van der Waals surface area contributed by atoms with Gasteiger partial charge in [0.15, 0.2) is 5.60 Å². The third kappa shape index (κ3) is 4.73. The number of fused-ring (bicyclic) bond motifs is 8. The van der Waals surface area contributed by atoms with Crippen molar-refractivity contribution in [2.75, 3.05) is 21.3 Å². The van der Waals surface area contributed by atoms with Crippen LogP contribution in [0, 0.1) is 0 Å². The first kappa shape index (κ1) is 31.1. The van der Waals surface area contributed by atoms with Gasteiger partial charge in [-0.05, 0) is 102 Å². The molecule has 1 unspecified atom stereocenters. The van der Waals surface area contributed by atoms with E-state index in [-0.39, 0.29) is 0 Å². The second kappa shape index (κ2) is 11.9. The molecule has 5 nitrogen and oxygen atoms in total. The van der Waals surface area contributed by atoms with Gasteiger partial charge in [-0.1, -0.05) is 73.4 Å². The van der Waals surface area contributed by atoms with Crippen molar-refractivity contribution in [3.05, 3.63) is 155 Å². The Balaban J connectivity index is 1.50. The van der Waals surface area contributed by atoms with Crippen molar-refractivity contribution in [1.29, 1.82) is 0 Å². The van der Waals surface area contributed by atoms with Gasteiger partial charge in [0.05, 0.1) is 21.3 Å². The molecule has 1 aliphatic heterocycles. The zero-order valence-corrected chi connectivity index (χ0v) is 27.8. The topological polar surface area (TPSA) is 57.2 Å². The lowest BCUT2D eigenvalue weighted by atomic mass is 9.80. The predicted molar refractivity (Wildman–Crippen MR) is 194 cm³/mol. The zero-order chi connectivity index (χ0) is 33.6. The Morgan fingerprint density at radius 3 is 2.00 bits per heavy atom. The molecule has 0 amide bonds. The van der Waals surface area contributed by atoms with Crippen LogP contribution in [0.1, 0.15) is 47.2 Å². The summed E-state index contributed by atoms with van der Waals surface area (Å²) in [5, 5.41) is 14.4. The maximum Gasteiger partial charge on any atom is 0.178 e. The highest BCUT2D eigenvalue weighted by Gasteiger charge is 2.45. The quantitative estimate of drug-likeness (QED) is 0.172. The number of methoxy groups -OCH3 is 3. The third-order valence-corrected chi connectivity index (χ3v) is 9.61. The number of hydrogen-bond donors (Lipinski definition) is 1. The van der Waals surface area contributed by atoms with E-state index in [9.17, 15) is 5.11 Å². The Bertz CT molecular complexity index is 2100. The van der Waals surface area contributed by atoms with Gasteiger partial charge in [0, 0.05) is 27.6 Å². The van der Waals surface area contributed by atoms with Crippen molar-refractivity contribution in [3.63, 3.8) is 0 Å². The lowest BCUT2D eigenvalue weighted by Gasteiger charge is -2.38. The first-order valence-electron chi connectivity index (χ1n) is 16.0. The largest absolute Gasteiger partial charge is 0.497 e. The molecule has 5 aromatic rings. The average Bonchev–Trinajstić information content (AvgIpc) is 3.37. The van der Waals surface area contributed by atoms with E-state index in [4.69, 9.17) is 18.9 Å². The molecule has 1 heterocycles. The maximum atomic E-state index is 12.6. The summed E-state index contributed by atoms with van der Waals surface area (Å²) in [6.07, 6.45) is 12.1. The molecule has 0 saturated heterocycles. The number of aliphatic hydroxyl groups is 1. The molecule has 1 aliphatic carbocycles. The van der Waals surface area contributed by atoms with Gasteiger partial charge in [0.1, 0.15) is 28.6 Å². The standard InChI is InChI=1S/C43H38O5/c1-7-9-10-27(8-2)28-11-21-35-38(25-28)42(3,44)40-36-23-24-43(29-12-16-31(45-4)17-13-29,30-14-18-32(46-5)19-15-30)48-41(36)34-22-20-33(47-6)26-37(34)39(35)40/h7-26,44H,2H2,1,3-6H3. The fourth-order valence-corrected chi connectivity index (χ4v) is 7.15. The molecule has 5 aromatic carbocycles. The van der Waals surface area contributed by atoms with Crippen molar-refractivity contribution in [2.24, 2.45) is 0 Å². The summed E-state index contributed by atoms with van der Waals surface area (Å²) in [5.41, 5.74) is 5.95. The second-order valence-electron chi connectivity index (χ2n) is 12.2. The van der Waals surface area contributed by atoms with Gasteiger partial charge in [-0.3, -0.25) is 0 Å². The van der Waals surface area contributed by atoms with Gasteiger partial charge < -0.3 is 24.1 Å². The van der Waals surface area contributed by atoms with Gasteiger partial charge in [-0.15, -0.1) is 0 Å². The van der Waals surface area contributed by atoms with Crippen molar-refractivity contribution >= 4 is 22.4 Å². The van der Waals surface area contributed by atoms with Crippen LogP contribution in [-0.4, -0.2) is 26.4 Å². The summed E-state index contributed by atoms with van der Waals surface area (Å²) in [4.78, 5) is 0. The molecule has 240 valence electrons. The number of ether oxygens (including phenoxy) is 4. The van der Waals surface area contributed by atoms with Crippen LogP contribution in [0.25, 0.3) is 33.5 Å². The van der Waals surface area contributed by atoms with Crippen molar-refractivity contribution in [2.45, 2.75) is 25.0 Å². The fourth-order valence-electron chi connectivity index (χ4n) is 7.15. The van der Waals surface area contributed by atoms with Crippen LogP contribution in [0.3, 0.4) is 0 Å². The minimum Gasteiger partial charge on any atom is -0.497 e. The van der Waals surface area contributed by atoms with Crippen LogP contribution in [0.2, 0.25) is 0 Å². The first-order chi connectivity index (χ1) is 23.3. The van der Waals surface area contributed by atoms with E-state index in [0.717, 1.165) is 78.1 Å². The van der Waals surface area contributed by atoms with E-state index < -0.39 is 11.2 Å². The highest BCUT2D eigenvalue weighted by Crippen LogP contribution is 2.58. The summed E-state index contributed by atoms with van der Waals surface area (Å²) in [7, 11) is 4.99. The van der Waals surface area contributed by atoms with E-state index in [0.29, 0.717) is 5.75 Å². The molecular formula is C43H38O5. The van der Waals surface area contributed by atoms with Crippen molar-refractivity contribution in [3.8, 4) is 34.1 Å². The third-order valence-electron chi connectivity index (χ3n) is 9.61. The van der Waals surface area contributed by atoms with Crippen LogP contribution < -0.4 is 18.9 Å². The molecule has 1 atom stereocenters.